The lowest BCUT2D eigenvalue weighted by atomic mass is 10.0. The number of carbonyl (C=O) groups is 1. The molecule has 0 aliphatic carbocycles. The first-order valence-corrected chi connectivity index (χ1v) is 13.2. The van der Waals surface area contributed by atoms with Crippen molar-refractivity contribution in [2.75, 3.05) is 12.4 Å². The second-order valence-electron chi connectivity index (χ2n) is 9.29. The van der Waals surface area contributed by atoms with E-state index >= 15 is 0 Å². The van der Waals surface area contributed by atoms with E-state index in [0.29, 0.717) is 40.1 Å². The average Bonchev–Trinajstić information content (AvgIpc) is 2.96. The number of hydrogen-bond acceptors (Lipinski definition) is 4. The summed E-state index contributed by atoms with van der Waals surface area (Å²) in [6.45, 7) is 2.47. The van der Waals surface area contributed by atoms with Crippen LogP contribution in [0.4, 0.5) is 5.69 Å². The van der Waals surface area contributed by atoms with Crippen LogP contribution in [0.2, 0.25) is 5.02 Å². The first-order chi connectivity index (χ1) is 18.9. The number of aryl methyl sites for hydroxylation is 1. The molecule has 0 bridgehead atoms. The Balaban J connectivity index is 1.44. The molecule has 1 aromatic heterocycles. The SMILES string of the molecule is CCCc1nc2ccc(NC(=O)c3cccc(Cl)c3)cc2c(=O)n1Cc1ccc(-c2ccc(OC)cc2)cc1. The highest BCUT2D eigenvalue weighted by molar-refractivity contribution is 6.31. The summed E-state index contributed by atoms with van der Waals surface area (Å²) in [5.74, 6) is 1.25. The quantitative estimate of drug-likeness (QED) is 0.232. The number of hydrogen-bond donors (Lipinski definition) is 1. The summed E-state index contributed by atoms with van der Waals surface area (Å²) in [5.41, 5.74) is 4.60. The van der Waals surface area contributed by atoms with Crippen molar-refractivity contribution >= 4 is 34.1 Å². The second-order valence-corrected chi connectivity index (χ2v) is 9.73. The van der Waals surface area contributed by atoms with Gasteiger partial charge in [-0.2, -0.15) is 0 Å². The van der Waals surface area contributed by atoms with Crippen molar-refractivity contribution in [1.82, 2.24) is 9.55 Å². The molecule has 0 atom stereocenters. The number of aromatic nitrogens is 2. The number of halogens is 1. The molecule has 0 aliphatic heterocycles. The lowest BCUT2D eigenvalue weighted by Gasteiger charge is -2.14. The maximum absolute atomic E-state index is 13.7. The lowest BCUT2D eigenvalue weighted by Crippen LogP contribution is -2.26. The van der Waals surface area contributed by atoms with Crippen molar-refractivity contribution < 1.29 is 9.53 Å². The third kappa shape index (κ3) is 5.86. The minimum atomic E-state index is -0.301. The van der Waals surface area contributed by atoms with E-state index < -0.39 is 0 Å². The molecular formula is C32H28ClN3O3. The highest BCUT2D eigenvalue weighted by atomic mass is 35.5. The zero-order valence-electron chi connectivity index (χ0n) is 21.8. The predicted octanol–water partition coefficient (Wildman–Crippen LogP) is 6.98. The molecule has 0 aliphatic rings. The van der Waals surface area contributed by atoms with Gasteiger partial charge in [0.15, 0.2) is 0 Å². The summed E-state index contributed by atoms with van der Waals surface area (Å²) in [6.07, 6.45) is 1.55. The van der Waals surface area contributed by atoms with Crippen LogP contribution in [-0.2, 0) is 13.0 Å². The van der Waals surface area contributed by atoms with Gasteiger partial charge in [-0.3, -0.25) is 14.2 Å². The molecule has 39 heavy (non-hydrogen) atoms. The highest BCUT2D eigenvalue weighted by Crippen LogP contribution is 2.23. The molecule has 0 unspecified atom stereocenters. The predicted molar refractivity (Wildman–Crippen MR) is 157 cm³/mol. The van der Waals surface area contributed by atoms with E-state index in [9.17, 15) is 9.59 Å². The van der Waals surface area contributed by atoms with Gasteiger partial charge in [-0.15, -0.1) is 0 Å². The molecule has 0 saturated carbocycles. The van der Waals surface area contributed by atoms with Crippen LogP contribution in [0.25, 0.3) is 22.0 Å². The largest absolute Gasteiger partial charge is 0.497 e. The molecule has 5 rings (SSSR count). The van der Waals surface area contributed by atoms with E-state index in [1.54, 1.807) is 54.1 Å². The average molecular weight is 538 g/mol. The van der Waals surface area contributed by atoms with Crippen molar-refractivity contribution in [3.05, 3.63) is 123 Å². The van der Waals surface area contributed by atoms with Gasteiger partial charge in [0.05, 0.1) is 24.6 Å². The Morgan fingerprint density at radius 2 is 1.67 bits per heavy atom. The van der Waals surface area contributed by atoms with Crippen LogP contribution in [0.5, 0.6) is 5.75 Å². The van der Waals surface area contributed by atoms with Crippen molar-refractivity contribution in [1.29, 1.82) is 0 Å². The molecule has 0 radical (unpaired) electrons. The molecule has 6 nitrogen and oxygen atoms in total. The minimum absolute atomic E-state index is 0.137. The Morgan fingerprint density at radius 1 is 0.949 bits per heavy atom. The van der Waals surface area contributed by atoms with Gasteiger partial charge in [0.2, 0.25) is 0 Å². The monoisotopic (exact) mass is 537 g/mol. The van der Waals surface area contributed by atoms with Crippen molar-refractivity contribution in [2.45, 2.75) is 26.3 Å². The van der Waals surface area contributed by atoms with E-state index in [2.05, 4.69) is 24.4 Å². The molecule has 1 amide bonds. The van der Waals surface area contributed by atoms with Gasteiger partial charge < -0.3 is 10.1 Å². The van der Waals surface area contributed by atoms with E-state index in [1.165, 1.54) is 0 Å². The fourth-order valence-electron chi connectivity index (χ4n) is 4.52. The third-order valence-electron chi connectivity index (χ3n) is 6.57. The Hall–Kier alpha value is -4.42. The number of ether oxygens (including phenoxy) is 1. The number of rotatable bonds is 8. The molecule has 7 heteroatoms. The van der Waals surface area contributed by atoms with Gasteiger partial charge in [-0.25, -0.2) is 4.98 Å². The number of benzene rings is 4. The number of nitrogens with one attached hydrogen (secondary N) is 1. The standard InChI is InChI=1S/C32H28ClN3O3/c1-3-5-30-35-29-17-14-26(34-31(37)24-6-4-7-25(33)18-24)19-28(29)32(38)36(30)20-21-8-10-22(11-9-21)23-12-15-27(39-2)16-13-23/h4,6-19H,3,5,20H2,1-2H3,(H,34,37). The van der Waals surface area contributed by atoms with Gasteiger partial charge in [0.25, 0.3) is 11.5 Å². The zero-order chi connectivity index (χ0) is 27.4. The van der Waals surface area contributed by atoms with E-state index in [-0.39, 0.29) is 11.5 Å². The Labute approximate surface area is 231 Å². The van der Waals surface area contributed by atoms with Gasteiger partial charge >= 0.3 is 0 Å². The first-order valence-electron chi connectivity index (χ1n) is 12.8. The van der Waals surface area contributed by atoms with Gasteiger partial charge in [-0.1, -0.05) is 61.0 Å². The third-order valence-corrected chi connectivity index (χ3v) is 6.80. The number of amides is 1. The normalized spacial score (nSPS) is 10.9. The van der Waals surface area contributed by atoms with Crippen LogP contribution in [0.1, 0.15) is 35.1 Å². The molecule has 1 heterocycles. The van der Waals surface area contributed by atoms with Crippen LogP contribution in [-0.4, -0.2) is 22.6 Å². The minimum Gasteiger partial charge on any atom is -0.497 e. The number of anilines is 1. The summed E-state index contributed by atoms with van der Waals surface area (Å²) in [6, 6.07) is 28.0. The van der Waals surface area contributed by atoms with Crippen LogP contribution < -0.4 is 15.6 Å². The maximum atomic E-state index is 13.7. The first kappa shape index (κ1) is 26.2. The summed E-state index contributed by atoms with van der Waals surface area (Å²) in [4.78, 5) is 31.2. The zero-order valence-corrected chi connectivity index (χ0v) is 22.5. The fourth-order valence-corrected chi connectivity index (χ4v) is 4.71. The smallest absolute Gasteiger partial charge is 0.261 e. The van der Waals surface area contributed by atoms with Crippen LogP contribution in [0, 0.1) is 0 Å². The van der Waals surface area contributed by atoms with E-state index in [0.717, 1.165) is 34.7 Å². The summed E-state index contributed by atoms with van der Waals surface area (Å²) >= 11 is 6.03. The van der Waals surface area contributed by atoms with Crippen LogP contribution >= 0.6 is 11.6 Å². The van der Waals surface area contributed by atoms with Crippen molar-refractivity contribution in [2.24, 2.45) is 0 Å². The van der Waals surface area contributed by atoms with E-state index in [1.807, 2.05) is 36.4 Å². The van der Waals surface area contributed by atoms with Gasteiger partial charge in [0, 0.05) is 22.7 Å². The van der Waals surface area contributed by atoms with E-state index in [4.69, 9.17) is 21.3 Å². The molecule has 196 valence electrons. The van der Waals surface area contributed by atoms with Gasteiger partial charge in [-0.05, 0) is 71.6 Å². The second kappa shape index (κ2) is 11.5. The lowest BCUT2D eigenvalue weighted by molar-refractivity contribution is 0.102. The summed E-state index contributed by atoms with van der Waals surface area (Å²) in [5, 5.41) is 3.79. The van der Waals surface area contributed by atoms with Crippen molar-refractivity contribution in [3.63, 3.8) is 0 Å². The highest BCUT2D eigenvalue weighted by Gasteiger charge is 2.14. The fraction of sp³-hybridized carbons (Fsp3) is 0.156. The Morgan fingerprint density at radius 3 is 2.33 bits per heavy atom. The van der Waals surface area contributed by atoms with Crippen molar-refractivity contribution in [3.8, 4) is 16.9 Å². The Bertz CT molecular complexity index is 1690. The maximum Gasteiger partial charge on any atom is 0.261 e. The molecule has 1 N–H and O–H groups in total. The van der Waals surface area contributed by atoms with Gasteiger partial charge in [0.1, 0.15) is 11.6 Å². The molecule has 0 fully saturated rings. The van der Waals surface area contributed by atoms with Crippen LogP contribution in [0.15, 0.2) is 95.8 Å². The topological polar surface area (TPSA) is 73.2 Å². The molecule has 4 aromatic carbocycles. The molecule has 0 spiro atoms. The molecule has 5 aromatic rings. The summed E-state index contributed by atoms with van der Waals surface area (Å²) in [7, 11) is 1.65. The number of fused-ring (bicyclic) bond motifs is 1. The number of nitrogens with zero attached hydrogens (tertiary/aromatic N) is 2. The summed E-state index contributed by atoms with van der Waals surface area (Å²) < 4.78 is 6.98. The number of carbonyl (C=O) groups excluding carboxylic acids is 1. The Kier molecular flexibility index (Phi) is 7.75. The number of methoxy groups -OCH3 is 1. The van der Waals surface area contributed by atoms with Crippen LogP contribution in [0.3, 0.4) is 0 Å². The molecular weight excluding hydrogens is 510 g/mol. The molecule has 0 saturated heterocycles.